The highest BCUT2D eigenvalue weighted by molar-refractivity contribution is 6.33. The van der Waals surface area contributed by atoms with Gasteiger partial charge in [-0.15, -0.1) is 0 Å². The van der Waals surface area contributed by atoms with Crippen LogP contribution in [0, 0.1) is 5.92 Å². The molecule has 1 rings (SSSR count). The first kappa shape index (κ1) is 15.4. The summed E-state index contributed by atoms with van der Waals surface area (Å²) in [5.74, 6) is -1.39. The molecule has 5 nitrogen and oxygen atoms in total. The monoisotopic (exact) mass is 284 g/mol. The lowest BCUT2D eigenvalue weighted by atomic mass is 9.85. The van der Waals surface area contributed by atoms with E-state index in [0.29, 0.717) is 0 Å². The number of halogens is 1. The lowest BCUT2D eigenvalue weighted by Gasteiger charge is -2.33. The molecule has 0 spiro atoms. The van der Waals surface area contributed by atoms with Crippen LogP contribution in [0.4, 0.5) is 0 Å². The fraction of sp³-hybridized carbons (Fsp3) is 0.462. The van der Waals surface area contributed by atoms with Crippen LogP contribution in [0.3, 0.4) is 0 Å². The SMILES string of the molecule is CC(C)C(C)(CC(=O)O)NC(=O)c1ccncc1Cl. The summed E-state index contributed by atoms with van der Waals surface area (Å²) in [6, 6.07) is 1.50. The second kappa shape index (κ2) is 6.02. The second-order valence-corrected chi connectivity index (χ2v) is 5.36. The number of amides is 1. The molecule has 19 heavy (non-hydrogen) atoms. The van der Waals surface area contributed by atoms with Gasteiger partial charge in [-0.3, -0.25) is 14.6 Å². The highest BCUT2D eigenvalue weighted by Gasteiger charge is 2.33. The van der Waals surface area contributed by atoms with Crippen LogP contribution < -0.4 is 5.32 Å². The third kappa shape index (κ3) is 3.92. The molecule has 104 valence electrons. The number of aliphatic carboxylic acids is 1. The van der Waals surface area contributed by atoms with Gasteiger partial charge in [0.15, 0.2) is 0 Å². The largest absolute Gasteiger partial charge is 0.481 e. The topological polar surface area (TPSA) is 79.3 Å². The molecule has 1 aromatic heterocycles. The van der Waals surface area contributed by atoms with Gasteiger partial charge in [-0.1, -0.05) is 25.4 Å². The van der Waals surface area contributed by atoms with Crippen molar-refractivity contribution in [3.8, 4) is 0 Å². The molecule has 1 amide bonds. The van der Waals surface area contributed by atoms with Crippen LogP contribution >= 0.6 is 11.6 Å². The van der Waals surface area contributed by atoms with Crippen molar-refractivity contribution in [3.05, 3.63) is 29.0 Å². The molecule has 0 radical (unpaired) electrons. The third-order valence-electron chi connectivity index (χ3n) is 3.21. The Morgan fingerprint density at radius 3 is 2.63 bits per heavy atom. The number of carboxylic acids is 1. The summed E-state index contributed by atoms with van der Waals surface area (Å²) in [6.07, 6.45) is 2.68. The van der Waals surface area contributed by atoms with Gasteiger partial charge in [0.05, 0.1) is 22.5 Å². The van der Waals surface area contributed by atoms with Gasteiger partial charge in [0, 0.05) is 12.4 Å². The minimum atomic E-state index is -0.961. The quantitative estimate of drug-likeness (QED) is 0.870. The molecule has 0 bridgehead atoms. The summed E-state index contributed by atoms with van der Waals surface area (Å²) >= 11 is 5.89. The predicted molar refractivity (Wildman–Crippen MR) is 72.2 cm³/mol. The molecule has 1 unspecified atom stereocenters. The Balaban J connectivity index is 2.95. The number of pyridine rings is 1. The molecule has 0 fully saturated rings. The highest BCUT2D eigenvalue weighted by atomic mass is 35.5. The number of carbonyl (C=O) groups excluding carboxylic acids is 1. The van der Waals surface area contributed by atoms with E-state index in [4.69, 9.17) is 16.7 Å². The maximum absolute atomic E-state index is 12.2. The molecule has 1 aromatic rings. The lowest BCUT2D eigenvalue weighted by Crippen LogP contribution is -2.51. The Bertz CT molecular complexity index is 491. The zero-order valence-corrected chi connectivity index (χ0v) is 11.9. The van der Waals surface area contributed by atoms with Crippen molar-refractivity contribution in [1.82, 2.24) is 10.3 Å². The summed E-state index contributed by atoms with van der Waals surface area (Å²) in [7, 11) is 0. The van der Waals surface area contributed by atoms with Crippen molar-refractivity contribution in [3.63, 3.8) is 0 Å². The number of carbonyl (C=O) groups is 2. The molecule has 0 aliphatic carbocycles. The average molecular weight is 285 g/mol. The minimum absolute atomic E-state index is 0.0341. The van der Waals surface area contributed by atoms with E-state index in [1.807, 2.05) is 13.8 Å². The molecule has 6 heteroatoms. The standard InChI is InChI=1S/C13H17ClN2O3/c1-8(2)13(3,6-11(17)18)16-12(19)9-4-5-15-7-10(9)14/h4-5,7-8H,6H2,1-3H3,(H,16,19)(H,17,18). The molecule has 0 aliphatic heterocycles. The number of aromatic nitrogens is 1. The van der Waals surface area contributed by atoms with Crippen molar-refractivity contribution in [2.24, 2.45) is 5.92 Å². The van der Waals surface area contributed by atoms with Gasteiger partial charge in [-0.25, -0.2) is 0 Å². The molecule has 1 atom stereocenters. The van der Waals surface area contributed by atoms with Crippen LogP contribution in [-0.2, 0) is 4.79 Å². The van der Waals surface area contributed by atoms with Crippen molar-refractivity contribution in [2.45, 2.75) is 32.7 Å². The van der Waals surface area contributed by atoms with Crippen molar-refractivity contribution < 1.29 is 14.7 Å². The minimum Gasteiger partial charge on any atom is -0.481 e. The molecule has 2 N–H and O–H groups in total. The number of carboxylic acid groups (broad SMARTS) is 1. The van der Waals surface area contributed by atoms with Gasteiger partial charge < -0.3 is 10.4 Å². The lowest BCUT2D eigenvalue weighted by molar-refractivity contribution is -0.138. The van der Waals surface area contributed by atoms with Gasteiger partial charge in [-0.2, -0.15) is 0 Å². The Morgan fingerprint density at radius 1 is 1.53 bits per heavy atom. The molecule has 1 heterocycles. The van der Waals surface area contributed by atoms with Crippen LogP contribution in [0.25, 0.3) is 0 Å². The molecule has 0 saturated heterocycles. The van der Waals surface area contributed by atoms with Gasteiger partial charge in [-0.05, 0) is 18.9 Å². The van der Waals surface area contributed by atoms with E-state index in [1.165, 1.54) is 18.5 Å². The van der Waals surface area contributed by atoms with Crippen molar-refractivity contribution in [1.29, 1.82) is 0 Å². The second-order valence-electron chi connectivity index (χ2n) is 4.95. The number of hydrogen-bond acceptors (Lipinski definition) is 3. The van der Waals surface area contributed by atoms with E-state index in [0.717, 1.165) is 0 Å². The number of rotatable bonds is 5. The normalized spacial score (nSPS) is 13.9. The summed E-state index contributed by atoms with van der Waals surface area (Å²) in [4.78, 5) is 26.9. The number of nitrogens with zero attached hydrogens (tertiary/aromatic N) is 1. The fourth-order valence-corrected chi connectivity index (χ4v) is 1.80. The molecule has 0 aromatic carbocycles. The first-order valence-electron chi connectivity index (χ1n) is 5.90. The molecular formula is C13H17ClN2O3. The maximum Gasteiger partial charge on any atom is 0.305 e. The van der Waals surface area contributed by atoms with E-state index in [1.54, 1.807) is 6.92 Å². The smallest absolute Gasteiger partial charge is 0.305 e. The first-order valence-corrected chi connectivity index (χ1v) is 6.28. The Labute approximate surface area is 117 Å². The average Bonchev–Trinajstić information content (AvgIpc) is 2.27. The Hall–Kier alpha value is -1.62. The van der Waals surface area contributed by atoms with Crippen LogP contribution in [-0.4, -0.2) is 27.5 Å². The van der Waals surface area contributed by atoms with E-state index >= 15 is 0 Å². The van der Waals surface area contributed by atoms with Crippen LogP contribution in [0.5, 0.6) is 0 Å². The summed E-state index contributed by atoms with van der Waals surface area (Å²) < 4.78 is 0. The summed E-state index contributed by atoms with van der Waals surface area (Å²) in [5.41, 5.74) is -0.552. The molecule has 0 aliphatic rings. The molecule has 0 saturated carbocycles. The first-order chi connectivity index (χ1) is 8.76. The van der Waals surface area contributed by atoms with E-state index in [2.05, 4.69) is 10.3 Å². The summed E-state index contributed by atoms with van der Waals surface area (Å²) in [5, 5.41) is 11.9. The van der Waals surface area contributed by atoms with Crippen LogP contribution in [0.15, 0.2) is 18.5 Å². The van der Waals surface area contributed by atoms with Gasteiger partial charge in [0.2, 0.25) is 0 Å². The zero-order valence-electron chi connectivity index (χ0n) is 11.1. The maximum atomic E-state index is 12.2. The van der Waals surface area contributed by atoms with Crippen LogP contribution in [0.2, 0.25) is 5.02 Å². The van der Waals surface area contributed by atoms with Crippen molar-refractivity contribution in [2.75, 3.05) is 0 Å². The molecular weight excluding hydrogens is 268 g/mol. The highest BCUT2D eigenvalue weighted by Crippen LogP contribution is 2.22. The van der Waals surface area contributed by atoms with Gasteiger partial charge in [0.1, 0.15) is 0 Å². The van der Waals surface area contributed by atoms with E-state index < -0.39 is 17.4 Å². The number of hydrogen-bond donors (Lipinski definition) is 2. The van der Waals surface area contributed by atoms with Crippen LogP contribution in [0.1, 0.15) is 37.6 Å². The van der Waals surface area contributed by atoms with E-state index in [-0.39, 0.29) is 22.9 Å². The zero-order chi connectivity index (χ0) is 14.6. The van der Waals surface area contributed by atoms with Crippen molar-refractivity contribution >= 4 is 23.5 Å². The third-order valence-corrected chi connectivity index (χ3v) is 3.51. The van der Waals surface area contributed by atoms with Gasteiger partial charge >= 0.3 is 5.97 Å². The summed E-state index contributed by atoms with van der Waals surface area (Å²) in [6.45, 7) is 5.42. The number of nitrogens with one attached hydrogen (secondary N) is 1. The Kier molecular flexibility index (Phi) is 4.89. The van der Waals surface area contributed by atoms with E-state index in [9.17, 15) is 9.59 Å². The van der Waals surface area contributed by atoms with Gasteiger partial charge in [0.25, 0.3) is 5.91 Å². The fourth-order valence-electron chi connectivity index (χ4n) is 1.59. The predicted octanol–water partition coefficient (Wildman–Crippen LogP) is 2.35. The Morgan fingerprint density at radius 2 is 2.16 bits per heavy atom.